The second kappa shape index (κ2) is 7.10. The molecule has 0 unspecified atom stereocenters. The number of aryl methyl sites for hydroxylation is 2. The van der Waals surface area contributed by atoms with Crippen LogP contribution in [0.15, 0.2) is 54.7 Å². The van der Waals surface area contributed by atoms with E-state index in [1.807, 2.05) is 6.07 Å². The van der Waals surface area contributed by atoms with Gasteiger partial charge in [0, 0.05) is 34.6 Å². The maximum Gasteiger partial charge on any atom is 0.273 e. The van der Waals surface area contributed by atoms with E-state index in [9.17, 15) is 14.9 Å². The Morgan fingerprint density at radius 3 is 2.65 bits per heavy atom. The number of anilines is 1. The van der Waals surface area contributed by atoms with Gasteiger partial charge in [0.25, 0.3) is 11.6 Å². The standard InChI is InChI=1S/C19H16N4O3/c1-12-6-7-15(11-18(12)23(25)26)19(24)22-16-5-3-4-14(10-16)17-8-9-20-13(2)21-17/h3-11H,1-2H3,(H,22,24). The Morgan fingerprint density at radius 2 is 1.92 bits per heavy atom. The SMILES string of the molecule is Cc1nccc(-c2cccc(NC(=O)c3ccc(C)c([N+](=O)[O-])c3)c2)n1. The van der Waals surface area contributed by atoms with Crippen molar-refractivity contribution in [1.29, 1.82) is 0 Å². The number of carbonyl (C=O) groups excluding carboxylic acids is 1. The summed E-state index contributed by atoms with van der Waals surface area (Å²) in [6, 6.07) is 13.4. The Hall–Kier alpha value is -3.61. The Balaban J connectivity index is 1.85. The maximum atomic E-state index is 12.4. The van der Waals surface area contributed by atoms with Crippen LogP contribution in [0.4, 0.5) is 11.4 Å². The third-order valence-electron chi connectivity index (χ3n) is 3.86. The van der Waals surface area contributed by atoms with E-state index < -0.39 is 10.8 Å². The Morgan fingerprint density at radius 1 is 1.12 bits per heavy atom. The molecular formula is C19H16N4O3. The van der Waals surface area contributed by atoms with Gasteiger partial charge >= 0.3 is 0 Å². The molecule has 130 valence electrons. The fourth-order valence-electron chi connectivity index (χ4n) is 2.52. The molecule has 7 heteroatoms. The van der Waals surface area contributed by atoms with Crippen LogP contribution < -0.4 is 5.32 Å². The first-order chi connectivity index (χ1) is 12.4. The molecule has 0 atom stereocenters. The molecule has 0 aliphatic carbocycles. The lowest BCUT2D eigenvalue weighted by atomic mass is 10.1. The van der Waals surface area contributed by atoms with Crippen LogP contribution in [-0.4, -0.2) is 20.8 Å². The predicted molar refractivity (Wildman–Crippen MR) is 98.0 cm³/mol. The fraction of sp³-hybridized carbons (Fsp3) is 0.105. The van der Waals surface area contributed by atoms with E-state index in [1.165, 1.54) is 6.07 Å². The zero-order chi connectivity index (χ0) is 18.7. The smallest absolute Gasteiger partial charge is 0.273 e. The van der Waals surface area contributed by atoms with Crippen LogP contribution in [0.5, 0.6) is 0 Å². The van der Waals surface area contributed by atoms with Crippen LogP contribution in [0.1, 0.15) is 21.7 Å². The number of rotatable bonds is 4. The summed E-state index contributed by atoms with van der Waals surface area (Å²) in [6.07, 6.45) is 1.67. The second-order valence-electron chi connectivity index (χ2n) is 5.78. The number of hydrogen-bond acceptors (Lipinski definition) is 5. The van der Waals surface area contributed by atoms with Gasteiger partial charge in [-0.3, -0.25) is 14.9 Å². The van der Waals surface area contributed by atoms with Gasteiger partial charge in [0.15, 0.2) is 0 Å². The van der Waals surface area contributed by atoms with Crippen molar-refractivity contribution in [3.8, 4) is 11.3 Å². The molecule has 0 bridgehead atoms. The summed E-state index contributed by atoms with van der Waals surface area (Å²) in [5.41, 5.74) is 2.82. The topological polar surface area (TPSA) is 98.0 Å². The van der Waals surface area contributed by atoms with E-state index in [2.05, 4.69) is 15.3 Å². The van der Waals surface area contributed by atoms with E-state index in [1.54, 1.807) is 56.4 Å². The van der Waals surface area contributed by atoms with Crippen LogP contribution in [0, 0.1) is 24.0 Å². The number of nitro benzene ring substituents is 1. The number of aromatic nitrogens is 2. The highest BCUT2D eigenvalue weighted by molar-refractivity contribution is 6.05. The minimum absolute atomic E-state index is 0.0807. The Kier molecular flexibility index (Phi) is 4.70. The van der Waals surface area contributed by atoms with Gasteiger partial charge in [-0.2, -0.15) is 0 Å². The van der Waals surface area contributed by atoms with E-state index in [-0.39, 0.29) is 11.3 Å². The molecule has 0 radical (unpaired) electrons. The molecule has 3 rings (SSSR count). The molecule has 0 saturated carbocycles. The van der Waals surface area contributed by atoms with Crippen molar-refractivity contribution >= 4 is 17.3 Å². The lowest BCUT2D eigenvalue weighted by Gasteiger charge is -2.08. The molecular weight excluding hydrogens is 332 g/mol. The van der Waals surface area contributed by atoms with Crippen LogP contribution in [0.25, 0.3) is 11.3 Å². The predicted octanol–water partition coefficient (Wildman–Crippen LogP) is 3.92. The lowest BCUT2D eigenvalue weighted by molar-refractivity contribution is -0.385. The van der Waals surface area contributed by atoms with Crippen molar-refractivity contribution in [1.82, 2.24) is 9.97 Å². The summed E-state index contributed by atoms with van der Waals surface area (Å²) in [6.45, 7) is 3.44. The molecule has 0 aliphatic heterocycles. The van der Waals surface area contributed by atoms with Gasteiger partial charge in [0.2, 0.25) is 0 Å². The minimum atomic E-state index is -0.496. The van der Waals surface area contributed by atoms with Gasteiger partial charge in [-0.25, -0.2) is 9.97 Å². The molecule has 0 saturated heterocycles. The van der Waals surface area contributed by atoms with Crippen LogP contribution in [0.2, 0.25) is 0 Å². The number of benzene rings is 2. The molecule has 1 heterocycles. The van der Waals surface area contributed by atoms with Crippen molar-refractivity contribution in [3.05, 3.63) is 81.8 Å². The van der Waals surface area contributed by atoms with Crippen molar-refractivity contribution in [2.75, 3.05) is 5.32 Å². The van der Waals surface area contributed by atoms with E-state index in [4.69, 9.17) is 0 Å². The third-order valence-corrected chi connectivity index (χ3v) is 3.86. The van der Waals surface area contributed by atoms with Gasteiger partial charge in [0.05, 0.1) is 10.6 Å². The Labute approximate surface area is 149 Å². The average Bonchev–Trinajstić information content (AvgIpc) is 2.62. The largest absolute Gasteiger partial charge is 0.322 e. The van der Waals surface area contributed by atoms with Crippen molar-refractivity contribution in [2.24, 2.45) is 0 Å². The van der Waals surface area contributed by atoms with Crippen molar-refractivity contribution in [3.63, 3.8) is 0 Å². The summed E-state index contributed by atoms with van der Waals surface area (Å²) in [7, 11) is 0. The second-order valence-corrected chi connectivity index (χ2v) is 5.78. The van der Waals surface area contributed by atoms with Crippen LogP contribution >= 0.6 is 0 Å². The molecule has 0 aliphatic rings. The highest BCUT2D eigenvalue weighted by Gasteiger charge is 2.15. The van der Waals surface area contributed by atoms with Crippen LogP contribution in [0.3, 0.4) is 0 Å². The quantitative estimate of drug-likeness (QED) is 0.569. The highest BCUT2D eigenvalue weighted by Crippen LogP contribution is 2.23. The summed E-state index contributed by atoms with van der Waals surface area (Å²) in [5, 5.41) is 13.8. The molecule has 1 aromatic heterocycles. The summed E-state index contributed by atoms with van der Waals surface area (Å²) >= 11 is 0. The zero-order valence-corrected chi connectivity index (χ0v) is 14.3. The summed E-state index contributed by atoms with van der Waals surface area (Å²) in [4.78, 5) is 31.4. The third kappa shape index (κ3) is 3.72. The number of hydrogen-bond donors (Lipinski definition) is 1. The number of amides is 1. The highest BCUT2D eigenvalue weighted by atomic mass is 16.6. The van der Waals surface area contributed by atoms with Gasteiger partial charge in [-0.05, 0) is 38.1 Å². The molecule has 1 N–H and O–H groups in total. The average molecular weight is 348 g/mol. The van der Waals surface area contributed by atoms with Crippen molar-refractivity contribution in [2.45, 2.75) is 13.8 Å². The Bertz CT molecular complexity index is 1000. The number of nitrogens with zero attached hydrogens (tertiary/aromatic N) is 3. The molecule has 7 nitrogen and oxygen atoms in total. The number of carbonyl (C=O) groups is 1. The monoisotopic (exact) mass is 348 g/mol. The number of nitro groups is 1. The molecule has 26 heavy (non-hydrogen) atoms. The normalized spacial score (nSPS) is 10.4. The van der Waals surface area contributed by atoms with E-state index in [0.29, 0.717) is 17.1 Å². The first-order valence-electron chi connectivity index (χ1n) is 7.90. The van der Waals surface area contributed by atoms with E-state index >= 15 is 0 Å². The first kappa shape index (κ1) is 17.2. The molecule has 3 aromatic rings. The van der Waals surface area contributed by atoms with Gasteiger partial charge in [0.1, 0.15) is 5.82 Å². The van der Waals surface area contributed by atoms with Gasteiger partial charge in [-0.15, -0.1) is 0 Å². The minimum Gasteiger partial charge on any atom is -0.322 e. The molecule has 2 aromatic carbocycles. The lowest BCUT2D eigenvalue weighted by Crippen LogP contribution is -2.12. The fourth-order valence-corrected chi connectivity index (χ4v) is 2.52. The maximum absolute atomic E-state index is 12.4. The molecule has 0 spiro atoms. The molecule has 1 amide bonds. The van der Waals surface area contributed by atoms with Crippen LogP contribution in [-0.2, 0) is 0 Å². The van der Waals surface area contributed by atoms with Crippen molar-refractivity contribution < 1.29 is 9.72 Å². The van der Waals surface area contributed by atoms with Gasteiger partial charge < -0.3 is 5.32 Å². The summed E-state index contributed by atoms with van der Waals surface area (Å²) < 4.78 is 0. The number of nitrogens with one attached hydrogen (secondary N) is 1. The summed E-state index contributed by atoms with van der Waals surface area (Å²) in [5.74, 6) is 0.244. The first-order valence-corrected chi connectivity index (χ1v) is 7.90. The molecule has 0 fully saturated rings. The van der Waals surface area contributed by atoms with Gasteiger partial charge in [-0.1, -0.05) is 18.2 Å². The zero-order valence-electron chi connectivity index (χ0n) is 14.3. The van der Waals surface area contributed by atoms with E-state index in [0.717, 1.165) is 11.3 Å².